The van der Waals surface area contributed by atoms with Crippen LogP contribution in [-0.4, -0.2) is 17.8 Å². The molecule has 88 valence electrons. The van der Waals surface area contributed by atoms with E-state index in [1.807, 2.05) is 0 Å². The highest BCUT2D eigenvalue weighted by Crippen LogP contribution is 2.35. The molecule has 1 fully saturated rings. The average molecular weight is 276 g/mol. The van der Waals surface area contributed by atoms with E-state index in [2.05, 4.69) is 35.1 Å². The fraction of sp³-hybridized carbons (Fsp3) is 0.917. The summed E-state index contributed by atoms with van der Waals surface area (Å²) in [6.45, 7) is 5.04. The summed E-state index contributed by atoms with van der Waals surface area (Å²) in [5.74, 6) is 0.774. The van der Waals surface area contributed by atoms with Gasteiger partial charge in [0, 0.05) is 17.3 Å². The SMILES string of the molecule is CC(CBr)CNC(=O)C1(C)CCCCC1. The molecule has 1 aliphatic carbocycles. The highest BCUT2D eigenvalue weighted by Gasteiger charge is 2.34. The first kappa shape index (κ1) is 13.0. The van der Waals surface area contributed by atoms with Crippen molar-refractivity contribution in [3.8, 4) is 0 Å². The van der Waals surface area contributed by atoms with Gasteiger partial charge in [-0.25, -0.2) is 0 Å². The van der Waals surface area contributed by atoms with Crippen LogP contribution in [0.2, 0.25) is 0 Å². The number of hydrogen-bond donors (Lipinski definition) is 1. The minimum atomic E-state index is -0.0930. The van der Waals surface area contributed by atoms with Crippen LogP contribution in [-0.2, 0) is 4.79 Å². The Hall–Kier alpha value is -0.0500. The lowest BCUT2D eigenvalue weighted by Crippen LogP contribution is -2.42. The van der Waals surface area contributed by atoms with Gasteiger partial charge >= 0.3 is 0 Å². The lowest BCUT2D eigenvalue weighted by molar-refractivity contribution is -0.132. The number of halogens is 1. The van der Waals surface area contributed by atoms with Gasteiger partial charge in [-0.1, -0.05) is 49.0 Å². The quantitative estimate of drug-likeness (QED) is 0.785. The Labute approximate surface area is 101 Å². The second-order valence-corrected chi connectivity index (χ2v) is 5.74. The molecule has 0 saturated heterocycles. The first-order chi connectivity index (χ1) is 7.08. The molecule has 0 heterocycles. The van der Waals surface area contributed by atoms with E-state index in [1.165, 1.54) is 19.3 Å². The zero-order valence-electron chi connectivity index (χ0n) is 9.81. The molecule has 1 rings (SSSR count). The zero-order valence-corrected chi connectivity index (χ0v) is 11.4. The Morgan fingerprint density at radius 2 is 2.00 bits per heavy atom. The van der Waals surface area contributed by atoms with Crippen LogP contribution < -0.4 is 5.32 Å². The van der Waals surface area contributed by atoms with Crippen molar-refractivity contribution in [2.24, 2.45) is 11.3 Å². The van der Waals surface area contributed by atoms with Crippen molar-refractivity contribution in [2.75, 3.05) is 11.9 Å². The van der Waals surface area contributed by atoms with Crippen LogP contribution in [0.15, 0.2) is 0 Å². The number of carbonyl (C=O) groups is 1. The molecule has 0 aromatic heterocycles. The molecule has 0 aromatic rings. The van der Waals surface area contributed by atoms with Gasteiger partial charge in [-0.2, -0.15) is 0 Å². The molecule has 1 saturated carbocycles. The van der Waals surface area contributed by atoms with E-state index in [0.717, 1.165) is 24.7 Å². The van der Waals surface area contributed by atoms with Crippen molar-refractivity contribution in [1.82, 2.24) is 5.32 Å². The molecule has 0 aromatic carbocycles. The van der Waals surface area contributed by atoms with E-state index < -0.39 is 0 Å². The van der Waals surface area contributed by atoms with Gasteiger partial charge in [0.1, 0.15) is 0 Å². The molecule has 1 N–H and O–H groups in total. The molecule has 1 amide bonds. The Kier molecular flexibility index (Phi) is 5.10. The van der Waals surface area contributed by atoms with Crippen LogP contribution in [0.5, 0.6) is 0 Å². The number of nitrogens with one attached hydrogen (secondary N) is 1. The topological polar surface area (TPSA) is 29.1 Å². The molecular formula is C12H22BrNO. The molecule has 1 aliphatic rings. The molecule has 0 aliphatic heterocycles. The second kappa shape index (κ2) is 5.88. The van der Waals surface area contributed by atoms with Crippen LogP contribution in [0.4, 0.5) is 0 Å². The van der Waals surface area contributed by atoms with E-state index in [-0.39, 0.29) is 11.3 Å². The predicted molar refractivity (Wildman–Crippen MR) is 67.2 cm³/mol. The number of carbonyl (C=O) groups excluding carboxylic acids is 1. The Balaban J connectivity index is 2.37. The van der Waals surface area contributed by atoms with Crippen molar-refractivity contribution in [2.45, 2.75) is 46.0 Å². The minimum Gasteiger partial charge on any atom is -0.355 e. The van der Waals surface area contributed by atoms with Gasteiger partial charge in [0.2, 0.25) is 5.91 Å². The van der Waals surface area contributed by atoms with E-state index >= 15 is 0 Å². The Bertz CT molecular complexity index is 212. The van der Waals surface area contributed by atoms with Crippen LogP contribution in [0.25, 0.3) is 0 Å². The summed E-state index contributed by atoms with van der Waals surface area (Å²) in [7, 11) is 0. The Morgan fingerprint density at radius 1 is 1.40 bits per heavy atom. The number of hydrogen-bond acceptors (Lipinski definition) is 1. The van der Waals surface area contributed by atoms with Crippen molar-refractivity contribution in [3.05, 3.63) is 0 Å². The summed E-state index contributed by atoms with van der Waals surface area (Å²) in [6.07, 6.45) is 5.82. The largest absolute Gasteiger partial charge is 0.355 e. The average Bonchev–Trinajstić information content (AvgIpc) is 2.26. The molecule has 0 radical (unpaired) electrons. The van der Waals surface area contributed by atoms with Crippen molar-refractivity contribution in [3.63, 3.8) is 0 Å². The summed E-state index contributed by atoms with van der Waals surface area (Å²) < 4.78 is 0. The van der Waals surface area contributed by atoms with Crippen LogP contribution in [0.1, 0.15) is 46.0 Å². The fourth-order valence-corrected chi connectivity index (χ4v) is 2.32. The first-order valence-electron chi connectivity index (χ1n) is 5.93. The van der Waals surface area contributed by atoms with E-state index in [1.54, 1.807) is 0 Å². The normalized spacial score (nSPS) is 22.1. The third-order valence-corrected chi connectivity index (χ3v) is 4.49. The summed E-state index contributed by atoms with van der Waals surface area (Å²) in [5.41, 5.74) is -0.0930. The minimum absolute atomic E-state index is 0.0930. The monoisotopic (exact) mass is 275 g/mol. The van der Waals surface area contributed by atoms with Gasteiger partial charge in [-0.3, -0.25) is 4.79 Å². The van der Waals surface area contributed by atoms with Gasteiger partial charge in [-0.05, 0) is 18.8 Å². The molecule has 1 atom stereocenters. The number of alkyl halides is 1. The zero-order chi connectivity index (χ0) is 11.3. The van der Waals surface area contributed by atoms with E-state index in [9.17, 15) is 4.79 Å². The lowest BCUT2D eigenvalue weighted by atomic mass is 9.75. The highest BCUT2D eigenvalue weighted by atomic mass is 79.9. The maximum absolute atomic E-state index is 12.0. The fourth-order valence-electron chi connectivity index (χ4n) is 2.09. The summed E-state index contributed by atoms with van der Waals surface area (Å²) in [6, 6.07) is 0. The van der Waals surface area contributed by atoms with Crippen molar-refractivity contribution >= 4 is 21.8 Å². The number of amides is 1. The first-order valence-corrected chi connectivity index (χ1v) is 7.05. The predicted octanol–water partition coefficient (Wildman–Crippen LogP) is 3.10. The van der Waals surface area contributed by atoms with Gasteiger partial charge in [0.05, 0.1) is 0 Å². The van der Waals surface area contributed by atoms with Gasteiger partial charge in [0.15, 0.2) is 0 Å². The van der Waals surface area contributed by atoms with Crippen LogP contribution >= 0.6 is 15.9 Å². The third kappa shape index (κ3) is 3.78. The molecule has 0 spiro atoms. The van der Waals surface area contributed by atoms with Gasteiger partial charge in [0.25, 0.3) is 0 Å². The second-order valence-electron chi connectivity index (χ2n) is 5.09. The van der Waals surface area contributed by atoms with Gasteiger partial charge < -0.3 is 5.32 Å². The molecular weight excluding hydrogens is 254 g/mol. The standard InChI is InChI=1S/C12H22BrNO/c1-10(8-13)9-14-11(15)12(2)6-4-3-5-7-12/h10H,3-9H2,1-2H3,(H,14,15). The van der Waals surface area contributed by atoms with E-state index in [4.69, 9.17) is 0 Å². The molecule has 15 heavy (non-hydrogen) atoms. The molecule has 1 unspecified atom stereocenters. The Morgan fingerprint density at radius 3 is 2.53 bits per heavy atom. The molecule has 0 bridgehead atoms. The molecule has 3 heteroatoms. The van der Waals surface area contributed by atoms with Gasteiger partial charge in [-0.15, -0.1) is 0 Å². The summed E-state index contributed by atoms with van der Waals surface area (Å²) >= 11 is 3.42. The third-order valence-electron chi connectivity index (χ3n) is 3.38. The van der Waals surface area contributed by atoms with Crippen LogP contribution in [0, 0.1) is 11.3 Å². The van der Waals surface area contributed by atoms with Crippen molar-refractivity contribution in [1.29, 1.82) is 0 Å². The summed E-state index contributed by atoms with van der Waals surface area (Å²) in [5, 5.41) is 4.02. The lowest BCUT2D eigenvalue weighted by Gasteiger charge is -2.32. The smallest absolute Gasteiger partial charge is 0.225 e. The highest BCUT2D eigenvalue weighted by molar-refractivity contribution is 9.09. The molecule has 2 nitrogen and oxygen atoms in total. The summed E-state index contributed by atoms with van der Waals surface area (Å²) in [4.78, 5) is 12.0. The van der Waals surface area contributed by atoms with E-state index in [0.29, 0.717) is 5.92 Å². The maximum Gasteiger partial charge on any atom is 0.225 e. The number of rotatable bonds is 4. The van der Waals surface area contributed by atoms with Crippen molar-refractivity contribution < 1.29 is 4.79 Å². The van der Waals surface area contributed by atoms with Crippen LogP contribution in [0.3, 0.4) is 0 Å². The maximum atomic E-state index is 12.0.